The lowest BCUT2D eigenvalue weighted by atomic mass is 10.1. The van der Waals surface area contributed by atoms with E-state index in [1.54, 1.807) is 0 Å². The summed E-state index contributed by atoms with van der Waals surface area (Å²) in [7, 11) is 0. The smallest absolute Gasteiger partial charge is 0.114 e. The summed E-state index contributed by atoms with van der Waals surface area (Å²) in [5.74, 6) is 1.11. The van der Waals surface area contributed by atoms with E-state index in [2.05, 4.69) is 38.9 Å². The molecule has 0 aliphatic heterocycles. The van der Waals surface area contributed by atoms with E-state index in [1.165, 1.54) is 0 Å². The molecule has 0 atom stereocenters. The highest BCUT2D eigenvalue weighted by atomic mass is 16.5. The van der Waals surface area contributed by atoms with Crippen molar-refractivity contribution in [2.75, 3.05) is 13.2 Å². The second kappa shape index (κ2) is 6.30. The highest BCUT2D eigenvalue weighted by Gasteiger charge is 1.99. The van der Waals surface area contributed by atoms with Crippen molar-refractivity contribution >= 4 is 0 Å². The highest BCUT2D eigenvalue weighted by molar-refractivity contribution is 5.15. The van der Waals surface area contributed by atoms with Crippen LogP contribution in [-0.2, 0) is 4.74 Å². The Hall–Kier alpha value is -1.18. The number of nitrogens with one attached hydrogen (secondary N) is 1. The maximum Gasteiger partial charge on any atom is 0.114 e. The molecule has 1 N–H and O–H groups in total. The summed E-state index contributed by atoms with van der Waals surface area (Å²) in [4.78, 5) is 0. The minimum atomic E-state index is 0.458. The lowest BCUT2D eigenvalue weighted by Gasteiger charge is -2.13. The first-order valence-electron chi connectivity index (χ1n) is 4.85. The number of hydrogen-bond donors (Lipinski definition) is 1. The summed E-state index contributed by atoms with van der Waals surface area (Å²) in [6.45, 7) is 18.8. The maximum absolute atomic E-state index is 5.34. The molecule has 0 rings (SSSR count). The van der Waals surface area contributed by atoms with Gasteiger partial charge in [-0.3, -0.25) is 0 Å². The first kappa shape index (κ1) is 12.8. The SMILES string of the molecule is C=C(C)C(=C)OCCNC(=C)C(C)C. The molecule has 2 heteroatoms. The molecule has 0 fully saturated rings. The molecule has 0 spiro atoms. The van der Waals surface area contributed by atoms with Crippen LogP contribution in [0.3, 0.4) is 0 Å². The van der Waals surface area contributed by atoms with Crippen molar-refractivity contribution in [2.24, 2.45) is 5.92 Å². The van der Waals surface area contributed by atoms with Crippen molar-refractivity contribution in [3.05, 3.63) is 36.8 Å². The van der Waals surface area contributed by atoms with Gasteiger partial charge in [0.05, 0.1) is 0 Å². The third-order valence-corrected chi connectivity index (χ3v) is 1.90. The molecule has 0 radical (unpaired) electrons. The standard InChI is InChI=1S/C12H21NO/c1-9(2)11(5)13-7-8-14-12(6)10(3)4/h9,13H,3,5-8H2,1-2,4H3. The van der Waals surface area contributed by atoms with Crippen LogP contribution in [0, 0.1) is 5.92 Å². The fourth-order valence-electron chi connectivity index (χ4n) is 0.713. The monoisotopic (exact) mass is 195 g/mol. The van der Waals surface area contributed by atoms with Gasteiger partial charge in [-0.2, -0.15) is 0 Å². The van der Waals surface area contributed by atoms with Gasteiger partial charge in [-0.1, -0.05) is 33.6 Å². The van der Waals surface area contributed by atoms with Crippen LogP contribution in [0.1, 0.15) is 20.8 Å². The van der Waals surface area contributed by atoms with E-state index in [4.69, 9.17) is 4.74 Å². The predicted molar refractivity (Wildman–Crippen MR) is 61.9 cm³/mol. The van der Waals surface area contributed by atoms with Crippen LogP contribution in [0.5, 0.6) is 0 Å². The minimum absolute atomic E-state index is 0.458. The first-order valence-corrected chi connectivity index (χ1v) is 4.85. The van der Waals surface area contributed by atoms with Gasteiger partial charge in [-0.15, -0.1) is 0 Å². The molecule has 0 bridgehead atoms. The van der Waals surface area contributed by atoms with Gasteiger partial charge in [0.2, 0.25) is 0 Å². The largest absolute Gasteiger partial charge is 0.492 e. The van der Waals surface area contributed by atoms with E-state index in [9.17, 15) is 0 Å². The Morgan fingerprint density at radius 1 is 1.29 bits per heavy atom. The van der Waals surface area contributed by atoms with Crippen molar-refractivity contribution < 1.29 is 4.74 Å². The van der Waals surface area contributed by atoms with Crippen molar-refractivity contribution in [2.45, 2.75) is 20.8 Å². The van der Waals surface area contributed by atoms with Crippen molar-refractivity contribution in [3.8, 4) is 0 Å². The van der Waals surface area contributed by atoms with Crippen LogP contribution in [0.15, 0.2) is 36.8 Å². The molecule has 0 aliphatic carbocycles. The first-order chi connectivity index (χ1) is 6.45. The number of ether oxygens (including phenoxy) is 1. The quantitative estimate of drug-likeness (QED) is 0.383. The van der Waals surface area contributed by atoms with Gasteiger partial charge in [0.1, 0.15) is 12.4 Å². The van der Waals surface area contributed by atoms with E-state index in [-0.39, 0.29) is 0 Å². The third-order valence-electron chi connectivity index (χ3n) is 1.90. The van der Waals surface area contributed by atoms with E-state index in [0.717, 1.165) is 17.8 Å². The average molecular weight is 195 g/mol. The van der Waals surface area contributed by atoms with Crippen LogP contribution in [0.25, 0.3) is 0 Å². The number of hydrogen-bond acceptors (Lipinski definition) is 2. The predicted octanol–water partition coefficient (Wildman–Crippen LogP) is 2.85. The molecule has 80 valence electrons. The summed E-state index contributed by atoms with van der Waals surface area (Å²) < 4.78 is 5.34. The molecule has 0 saturated carbocycles. The van der Waals surface area contributed by atoms with Gasteiger partial charge >= 0.3 is 0 Å². The van der Waals surface area contributed by atoms with Crippen LogP contribution in [-0.4, -0.2) is 13.2 Å². The fraction of sp³-hybridized carbons (Fsp3) is 0.500. The van der Waals surface area contributed by atoms with Crippen LogP contribution < -0.4 is 5.32 Å². The summed E-state index contributed by atoms with van der Waals surface area (Å²) in [5, 5.41) is 3.19. The van der Waals surface area contributed by atoms with E-state index < -0.39 is 0 Å². The second-order valence-electron chi connectivity index (χ2n) is 3.66. The van der Waals surface area contributed by atoms with Crippen LogP contribution >= 0.6 is 0 Å². The Bertz CT molecular complexity index is 228. The zero-order valence-corrected chi connectivity index (χ0v) is 9.52. The molecule has 0 aromatic heterocycles. The van der Waals surface area contributed by atoms with Crippen molar-refractivity contribution in [1.29, 1.82) is 0 Å². The van der Waals surface area contributed by atoms with Crippen molar-refractivity contribution in [1.82, 2.24) is 5.32 Å². The zero-order valence-electron chi connectivity index (χ0n) is 9.52. The van der Waals surface area contributed by atoms with Crippen LogP contribution in [0.4, 0.5) is 0 Å². The number of rotatable bonds is 7. The molecule has 0 amide bonds. The van der Waals surface area contributed by atoms with E-state index in [1.807, 2.05) is 6.92 Å². The van der Waals surface area contributed by atoms with E-state index in [0.29, 0.717) is 18.3 Å². The van der Waals surface area contributed by atoms with Crippen molar-refractivity contribution in [3.63, 3.8) is 0 Å². The molecule has 0 aromatic rings. The van der Waals surface area contributed by atoms with Gasteiger partial charge in [-0.05, 0) is 18.4 Å². The van der Waals surface area contributed by atoms with E-state index >= 15 is 0 Å². The Morgan fingerprint density at radius 3 is 2.29 bits per heavy atom. The minimum Gasteiger partial charge on any atom is -0.492 e. The lowest BCUT2D eigenvalue weighted by molar-refractivity contribution is 0.224. The fourth-order valence-corrected chi connectivity index (χ4v) is 0.713. The third kappa shape index (κ3) is 5.46. The Labute approximate surface area is 87.3 Å². The highest BCUT2D eigenvalue weighted by Crippen LogP contribution is 2.05. The van der Waals surface area contributed by atoms with Gasteiger partial charge in [-0.25, -0.2) is 0 Å². The molecule has 14 heavy (non-hydrogen) atoms. The molecule has 0 unspecified atom stereocenters. The van der Waals surface area contributed by atoms with Gasteiger partial charge in [0, 0.05) is 12.2 Å². The summed E-state index contributed by atoms with van der Waals surface area (Å²) in [6, 6.07) is 0. The molecule has 0 saturated heterocycles. The van der Waals surface area contributed by atoms with Gasteiger partial charge in [0.15, 0.2) is 0 Å². The van der Waals surface area contributed by atoms with Gasteiger partial charge in [0.25, 0.3) is 0 Å². The molecule has 0 aliphatic rings. The topological polar surface area (TPSA) is 21.3 Å². The zero-order chi connectivity index (χ0) is 11.1. The normalized spacial score (nSPS) is 9.71. The summed E-state index contributed by atoms with van der Waals surface area (Å²) >= 11 is 0. The molecular weight excluding hydrogens is 174 g/mol. The maximum atomic E-state index is 5.34. The number of allylic oxidation sites excluding steroid dienone is 2. The lowest BCUT2D eigenvalue weighted by Crippen LogP contribution is -2.21. The second-order valence-corrected chi connectivity index (χ2v) is 3.66. The molecule has 2 nitrogen and oxygen atoms in total. The Morgan fingerprint density at radius 2 is 1.86 bits per heavy atom. The molecular formula is C12H21NO. The Balaban J connectivity index is 3.52. The summed E-state index contributed by atoms with van der Waals surface area (Å²) in [5.41, 5.74) is 1.90. The summed E-state index contributed by atoms with van der Waals surface area (Å²) in [6.07, 6.45) is 0. The Kier molecular flexibility index (Phi) is 5.77. The van der Waals surface area contributed by atoms with Gasteiger partial charge < -0.3 is 10.1 Å². The molecule has 0 heterocycles. The average Bonchev–Trinajstić information content (AvgIpc) is 2.11. The van der Waals surface area contributed by atoms with Crippen LogP contribution in [0.2, 0.25) is 0 Å². The molecule has 0 aromatic carbocycles.